The topological polar surface area (TPSA) is 164 Å². The maximum absolute atomic E-state index is 12.4. The predicted molar refractivity (Wildman–Crippen MR) is 102 cm³/mol. The molecule has 2 fully saturated rings. The van der Waals surface area contributed by atoms with E-state index in [9.17, 15) is 19.5 Å². The molecule has 0 unspecified atom stereocenters. The number of ether oxygens (including phenoxy) is 3. The van der Waals surface area contributed by atoms with Crippen LogP contribution in [0.15, 0.2) is 47.4 Å². The second-order valence-corrected chi connectivity index (χ2v) is 6.98. The van der Waals surface area contributed by atoms with Crippen molar-refractivity contribution >= 4 is 17.9 Å². The summed E-state index contributed by atoms with van der Waals surface area (Å²) in [7, 11) is 0. The molecule has 4 N–H and O–H groups in total. The molecule has 12 nitrogen and oxygen atoms in total. The number of fused-ring (bicyclic) bond motifs is 1. The van der Waals surface area contributed by atoms with E-state index in [1.165, 1.54) is 12.3 Å². The van der Waals surface area contributed by atoms with Crippen LogP contribution in [0.4, 0.5) is 10.6 Å². The van der Waals surface area contributed by atoms with E-state index in [1.54, 1.807) is 0 Å². The van der Waals surface area contributed by atoms with Gasteiger partial charge in [0.1, 0.15) is 12.1 Å². The van der Waals surface area contributed by atoms with E-state index >= 15 is 0 Å². The smallest absolute Gasteiger partial charge is 0.424 e. The number of nitrogens with two attached hydrogens (primary N) is 1. The first-order valence-electron chi connectivity index (χ1n) is 9.45. The summed E-state index contributed by atoms with van der Waals surface area (Å²) >= 11 is 0. The van der Waals surface area contributed by atoms with Crippen LogP contribution in [0.5, 0.6) is 0 Å². The van der Waals surface area contributed by atoms with Crippen molar-refractivity contribution in [2.45, 2.75) is 37.0 Å². The molecule has 2 aromatic rings. The zero-order chi connectivity index (χ0) is 22.0. The second kappa shape index (κ2) is 8.71. The number of rotatable bonds is 7. The van der Waals surface area contributed by atoms with Crippen molar-refractivity contribution in [1.29, 1.82) is 0 Å². The molecule has 31 heavy (non-hydrogen) atoms. The van der Waals surface area contributed by atoms with Gasteiger partial charge in [0.15, 0.2) is 24.3 Å². The summed E-state index contributed by atoms with van der Waals surface area (Å²) in [5.74, 6) is -0.757. The fourth-order valence-corrected chi connectivity index (χ4v) is 3.39. The number of nitrogens with zero attached hydrogens (tertiary/aromatic N) is 2. The summed E-state index contributed by atoms with van der Waals surface area (Å²) in [5, 5.41) is 9.39. The molecular weight excluding hydrogens is 412 g/mol. The summed E-state index contributed by atoms with van der Waals surface area (Å²) < 4.78 is 16.7. The van der Waals surface area contributed by atoms with E-state index < -0.39 is 55.0 Å². The number of aliphatic hydroxyl groups excluding tert-OH is 1. The molecule has 2 aliphatic heterocycles. The van der Waals surface area contributed by atoms with Crippen molar-refractivity contribution in [3.05, 3.63) is 58.6 Å². The van der Waals surface area contributed by atoms with Gasteiger partial charge in [-0.05, 0) is 12.0 Å². The zero-order valence-electron chi connectivity index (χ0n) is 16.1. The molecule has 0 saturated carbocycles. The van der Waals surface area contributed by atoms with Gasteiger partial charge in [-0.1, -0.05) is 30.3 Å². The van der Waals surface area contributed by atoms with Crippen LogP contribution < -0.4 is 16.9 Å². The van der Waals surface area contributed by atoms with Crippen molar-refractivity contribution in [3.8, 4) is 0 Å². The highest BCUT2D eigenvalue weighted by molar-refractivity contribution is 5.76. The first kappa shape index (κ1) is 20.8. The number of carbonyl (C=O) groups is 2. The molecule has 0 bridgehead atoms. The van der Waals surface area contributed by atoms with E-state index in [-0.39, 0.29) is 12.2 Å². The molecule has 0 aliphatic carbocycles. The molecule has 5 atom stereocenters. The van der Waals surface area contributed by atoms with Gasteiger partial charge >= 0.3 is 17.8 Å². The molecule has 3 heterocycles. The van der Waals surface area contributed by atoms with Gasteiger partial charge in [0.25, 0.3) is 0 Å². The van der Waals surface area contributed by atoms with Gasteiger partial charge in [-0.2, -0.15) is 4.98 Å². The zero-order valence-corrected chi connectivity index (χ0v) is 16.1. The normalized spacial score (nSPS) is 25.3. The van der Waals surface area contributed by atoms with Gasteiger partial charge in [-0.3, -0.25) is 4.57 Å². The maximum Gasteiger partial charge on any atom is 0.509 e. The third-order valence-corrected chi connectivity index (χ3v) is 4.89. The molecule has 2 saturated heterocycles. The van der Waals surface area contributed by atoms with Crippen molar-refractivity contribution in [3.63, 3.8) is 0 Å². The Morgan fingerprint density at radius 1 is 1.23 bits per heavy atom. The van der Waals surface area contributed by atoms with Gasteiger partial charge in [-0.25, -0.2) is 19.9 Å². The summed E-state index contributed by atoms with van der Waals surface area (Å²) in [4.78, 5) is 44.6. The molecule has 0 spiro atoms. The average molecular weight is 432 g/mol. The lowest BCUT2D eigenvalue weighted by Crippen LogP contribution is -2.36. The lowest BCUT2D eigenvalue weighted by atomic mass is 10.1. The number of anilines is 1. The molecule has 1 aromatic heterocycles. The van der Waals surface area contributed by atoms with Crippen molar-refractivity contribution in [1.82, 2.24) is 9.55 Å². The van der Waals surface area contributed by atoms with E-state index in [0.717, 1.165) is 10.1 Å². The standard InChI is InChI=1S/C19H20N4O8/c20-11(8-10-4-2-1-3-5-10)17(25)31-22-13-6-7-23(18(26)21-13)16-15-14(12(9-24)28-16)29-19(27)30-15/h1-7,11-12,14-16,24H,8-9,20H2,(H,21,22,26)/t11-,12+,14+,15+,16+/m0/s1. The summed E-state index contributed by atoms with van der Waals surface area (Å²) in [6.07, 6.45) is -2.90. The van der Waals surface area contributed by atoms with Crippen LogP contribution >= 0.6 is 0 Å². The minimum atomic E-state index is -1.02. The Bertz CT molecular complexity index is 1010. The average Bonchev–Trinajstić information content (AvgIpc) is 3.30. The van der Waals surface area contributed by atoms with Crippen molar-refractivity contribution in [2.75, 3.05) is 12.1 Å². The van der Waals surface area contributed by atoms with E-state index in [1.807, 2.05) is 30.3 Å². The van der Waals surface area contributed by atoms with Crippen LogP contribution in [0, 0.1) is 0 Å². The lowest BCUT2D eigenvalue weighted by molar-refractivity contribution is -0.142. The number of aromatic nitrogens is 2. The van der Waals surface area contributed by atoms with Crippen molar-refractivity contribution < 1.29 is 33.7 Å². The Balaban J connectivity index is 1.38. The largest absolute Gasteiger partial charge is 0.509 e. The number of benzene rings is 1. The second-order valence-electron chi connectivity index (χ2n) is 6.98. The van der Waals surface area contributed by atoms with Crippen LogP contribution in [-0.4, -0.2) is 57.7 Å². The first-order valence-corrected chi connectivity index (χ1v) is 9.45. The lowest BCUT2D eigenvalue weighted by Gasteiger charge is -2.18. The Hall–Kier alpha value is -3.48. The van der Waals surface area contributed by atoms with E-state index in [2.05, 4.69) is 10.5 Å². The van der Waals surface area contributed by atoms with Gasteiger partial charge in [-0.15, -0.1) is 0 Å². The Morgan fingerprint density at radius 2 is 1.97 bits per heavy atom. The molecule has 2 aliphatic rings. The number of aliphatic hydroxyl groups is 1. The van der Waals surface area contributed by atoms with Gasteiger partial charge < -0.3 is 29.9 Å². The maximum atomic E-state index is 12.4. The quantitative estimate of drug-likeness (QED) is 0.381. The molecule has 164 valence electrons. The van der Waals surface area contributed by atoms with Crippen LogP contribution in [-0.2, 0) is 30.3 Å². The highest BCUT2D eigenvalue weighted by Gasteiger charge is 2.55. The summed E-state index contributed by atoms with van der Waals surface area (Å²) in [6.45, 7) is -0.421. The molecular formula is C19H20N4O8. The first-order chi connectivity index (χ1) is 15.0. The van der Waals surface area contributed by atoms with Crippen LogP contribution in [0.2, 0.25) is 0 Å². The Labute approximate surface area is 175 Å². The SMILES string of the molecule is N[C@@H](Cc1ccccc1)C(=O)ONc1ccn([C@@H]2O[C@H](CO)[C@H]3OC(=O)O[C@H]32)c(=O)n1. The molecule has 0 radical (unpaired) electrons. The van der Waals surface area contributed by atoms with Crippen molar-refractivity contribution in [2.24, 2.45) is 5.73 Å². The fraction of sp³-hybridized carbons (Fsp3) is 0.368. The molecule has 0 amide bonds. The van der Waals surface area contributed by atoms with Gasteiger partial charge in [0.05, 0.1) is 6.61 Å². The minimum Gasteiger partial charge on any atom is -0.424 e. The summed E-state index contributed by atoms with van der Waals surface area (Å²) in [6, 6.07) is 9.65. The Morgan fingerprint density at radius 3 is 2.68 bits per heavy atom. The fourth-order valence-electron chi connectivity index (χ4n) is 3.39. The van der Waals surface area contributed by atoms with Gasteiger partial charge in [0, 0.05) is 12.3 Å². The van der Waals surface area contributed by atoms with Crippen LogP contribution in [0.3, 0.4) is 0 Å². The summed E-state index contributed by atoms with van der Waals surface area (Å²) in [5.41, 5.74) is 8.26. The van der Waals surface area contributed by atoms with Gasteiger partial charge in [0.2, 0.25) is 0 Å². The number of nitrogens with one attached hydrogen (secondary N) is 1. The number of hydrogen-bond acceptors (Lipinski definition) is 11. The molecule has 1 aromatic carbocycles. The van der Waals surface area contributed by atoms with Crippen LogP contribution in [0.1, 0.15) is 11.8 Å². The molecule has 12 heteroatoms. The number of carbonyl (C=O) groups excluding carboxylic acids is 2. The highest BCUT2D eigenvalue weighted by Crippen LogP contribution is 2.37. The monoisotopic (exact) mass is 432 g/mol. The third kappa shape index (κ3) is 4.35. The Kier molecular flexibility index (Phi) is 5.84. The van der Waals surface area contributed by atoms with E-state index in [0.29, 0.717) is 0 Å². The third-order valence-electron chi connectivity index (χ3n) is 4.89. The minimum absolute atomic E-state index is 0.0329. The highest BCUT2D eigenvalue weighted by atomic mass is 16.8. The molecule has 4 rings (SSSR count). The predicted octanol–water partition coefficient (Wildman–Crippen LogP) is -0.523. The van der Waals surface area contributed by atoms with Crippen LogP contribution in [0.25, 0.3) is 0 Å². The van der Waals surface area contributed by atoms with E-state index in [4.69, 9.17) is 24.8 Å². The number of hydrogen-bond donors (Lipinski definition) is 3.